The number of thiophene rings is 1. The van der Waals surface area contributed by atoms with Crippen molar-refractivity contribution in [3.05, 3.63) is 44.3 Å². The first-order chi connectivity index (χ1) is 9.44. The van der Waals surface area contributed by atoms with E-state index in [0.29, 0.717) is 10.9 Å². The van der Waals surface area contributed by atoms with Crippen molar-refractivity contribution < 1.29 is 8.42 Å². The van der Waals surface area contributed by atoms with Gasteiger partial charge in [0.2, 0.25) is 10.0 Å². The fourth-order valence-electron chi connectivity index (χ4n) is 1.68. The highest BCUT2D eigenvalue weighted by Crippen LogP contribution is 2.27. The molecule has 0 aliphatic carbocycles. The van der Waals surface area contributed by atoms with Crippen LogP contribution >= 0.6 is 38.9 Å². The fourth-order valence-corrected chi connectivity index (χ4v) is 4.85. The summed E-state index contributed by atoms with van der Waals surface area (Å²) in [6, 6.07) is 4.97. The number of aromatic nitrogens is 1. The van der Waals surface area contributed by atoms with Crippen LogP contribution in [0.25, 0.3) is 0 Å². The predicted molar refractivity (Wildman–Crippen MR) is 84.6 cm³/mol. The highest BCUT2D eigenvalue weighted by atomic mass is 79.9. The summed E-state index contributed by atoms with van der Waals surface area (Å²) in [4.78, 5) is 4.79. The Bertz CT molecular complexity index is 689. The van der Waals surface area contributed by atoms with Crippen molar-refractivity contribution in [1.29, 1.82) is 0 Å². The van der Waals surface area contributed by atoms with Crippen molar-refractivity contribution in [2.45, 2.75) is 24.3 Å². The lowest BCUT2D eigenvalue weighted by molar-refractivity contribution is 0.553. The Morgan fingerprint density at radius 2 is 2.30 bits per heavy atom. The van der Waals surface area contributed by atoms with Crippen LogP contribution in [-0.4, -0.2) is 13.4 Å². The van der Waals surface area contributed by atoms with Gasteiger partial charge in [0.15, 0.2) is 0 Å². The highest BCUT2D eigenvalue weighted by molar-refractivity contribution is 9.10. The Labute approximate surface area is 135 Å². The number of sulfonamides is 1. The molecule has 0 saturated carbocycles. The van der Waals surface area contributed by atoms with Gasteiger partial charge >= 0.3 is 0 Å². The fraction of sp³-hybridized carbons (Fsp3) is 0.250. The zero-order chi connectivity index (χ0) is 14.8. The average molecular weight is 396 g/mol. The third kappa shape index (κ3) is 3.59. The van der Waals surface area contributed by atoms with Gasteiger partial charge in [0, 0.05) is 15.5 Å². The Hall–Kier alpha value is -0.470. The van der Waals surface area contributed by atoms with Crippen LogP contribution in [0.15, 0.2) is 39.1 Å². The van der Waals surface area contributed by atoms with Crippen LogP contribution in [0.3, 0.4) is 0 Å². The standard InChI is InChI=1S/C12H12BrClN2O2S2/c1-2-9(10-4-3-5-19-10)16-20(17,18)11-6-8(13)7-15-12(11)14/h3-7,9,16H,2H2,1H3. The van der Waals surface area contributed by atoms with Crippen molar-refractivity contribution in [2.24, 2.45) is 0 Å². The molecule has 0 amide bonds. The minimum atomic E-state index is -3.72. The van der Waals surface area contributed by atoms with Gasteiger partial charge in [-0.25, -0.2) is 18.1 Å². The van der Waals surface area contributed by atoms with Gasteiger partial charge in [0.25, 0.3) is 0 Å². The lowest BCUT2D eigenvalue weighted by Crippen LogP contribution is -2.28. The molecule has 108 valence electrons. The van der Waals surface area contributed by atoms with E-state index in [9.17, 15) is 8.42 Å². The Balaban J connectivity index is 2.33. The molecule has 0 saturated heterocycles. The number of pyridine rings is 1. The Morgan fingerprint density at radius 3 is 2.90 bits per heavy atom. The van der Waals surface area contributed by atoms with Crippen LogP contribution < -0.4 is 4.72 Å². The molecule has 2 heterocycles. The summed E-state index contributed by atoms with van der Waals surface area (Å²) in [5.41, 5.74) is 0. The van der Waals surface area contributed by atoms with Crippen molar-refractivity contribution in [1.82, 2.24) is 9.71 Å². The number of nitrogens with zero attached hydrogens (tertiary/aromatic N) is 1. The van der Waals surface area contributed by atoms with Gasteiger partial charge in [-0.15, -0.1) is 11.3 Å². The molecule has 0 bridgehead atoms. The van der Waals surface area contributed by atoms with Crippen LogP contribution in [0.1, 0.15) is 24.3 Å². The van der Waals surface area contributed by atoms with Crippen molar-refractivity contribution >= 4 is 48.9 Å². The average Bonchev–Trinajstić information content (AvgIpc) is 2.92. The minimum absolute atomic E-state index is 0.0245. The lowest BCUT2D eigenvalue weighted by Gasteiger charge is -2.16. The minimum Gasteiger partial charge on any atom is -0.242 e. The van der Waals surface area contributed by atoms with Gasteiger partial charge in [0.05, 0.1) is 6.04 Å². The van der Waals surface area contributed by atoms with Crippen LogP contribution in [0.2, 0.25) is 5.15 Å². The lowest BCUT2D eigenvalue weighted by atomic mass is 10.2. The predicted octanol–water partition coefficient (Wildman–Crippen LogP) is 3.99. The van der Waals surface area contributed by atoms with Crippen LogP contribution in [0, 0.1) is 0 Å². The van der Waals surface area contributed by atoms with Crippen molar-refractivity contribution in [3.63, 3.8) is 0 Å². The second kappa shape index (κ2) is 6.53. The number of hydrogen-bond donors (Lipinski definition) is 1. The molecule has 2 aromatic heterocycles. The molecule has 4 nitrogen and oxygen atoms in total. The molecule has 0 aliphatic heterocycles. The van der Waals surface area contributed by atoms with E-state index in [1.165, 1.54) is 23.6 Å². The van der Waals surface area contributed by atoms with E-state index < -0.39 is 10.0 Å². The third-order valence-electron chi connectivity index (χ3n) is 2.66. The maximum absolute atomic E-state index is 12.4. The summed E-state index contributed by atoms with van der Waals surface area (Å²) in [6.45, 7) is 1.92. The number of nitrogens with one attached hydrogen (secondary N) is 1. The molecular formula is C12H12BrClN2O2S2. The molecular weight excluding hydrogens is 384 g/mol. The zero-order valence-electron chi connectivity index (χ0n) is 10.5. The summed E-state index contributed by atoms with van der Waals surface area (Å²) in [7, 11) is -3.72. The van der Waals surface area contributed by atoms with E-state index in [2.05, 4.69) is 25.6 Å². The Kier molecular flexibility index (Phi) is 5.19. The Morgan fingerprint density at radius 1 is 1.55 bits per heavy atom. The van der Waals surface area contributed by atoms with Crippen molar-refractivity contribution in [2.75, 3.05) is 0 Å². The molecule has 1 atom stereocenters. The molecule has 0 aliphatic rings. The summed E-state index contributed by atoms with van der Waals surface area (Å²) in [5, 5.41) is 1.88. The molecule has 0 spiro atoms. The van der Waals surface area contributed by atoms with E-state index in [1.807, 2.05) is 24.4 Å². The van der Waals surface area contributed by atoms with Gasteiger partial charge in [-0.3, -0.25) is 0 Å². The highest BCUT2D eigenvalue weighted by Gasteiger charge is 2.24. The van der Waals surface area contributed by atoms with Crippen molar-refractivity contribution in [3.8, 4) is 0 Å². The number of rotatable bonds is 5. The molecule has 0 fully saturated rings. The molecule has 20 heavy (non-hydrogen) atoms. The molecule has 0 radical (unpaired) electrons. The van der Waals surface area contributed by atoms with Gasteiger partial charge in [-0.05, 0) is 39.9 Å². The first kappa shape index (κ1) is 15.9. The van der Waals surface area contributed by atoms with Gasteiger partial charge in [-0.2, -0.15) is 0 Å². The largest absolute Gasteiger partial charge is 0.244 e. The normalized spacial score (nSPS) is 13.3. The monoisotopic (exact) mass is 394 g/mol. The van der Waals surface area contributed by atoms with E-state index >= 15 is 0 Å². The maximum atomic E-state index is 12.4. The van der Waals surface area contributed by atoms with E-state index in [1.54, 1.807) is 0 Å². The van der Waals surface area contributed by atoms with E-state index in [0.717, 1.165) is 4.88 Å². The quantitative estimate of drug-likeness (QED) is 0.779. The summed E-state index contributed by atoms with van der Waals surface area (Å²) in [6.07, 6.45) is 2.11. The summed E-state index contributed by atoms with van der Waals surface area (Å²) >= 11 is 10.6. The van der Waals surface area contributed by atoms with E-state index in [4.69, 9.17) is 11.6 Å². The van der Waals surface area contributed by atoms with Gasteiger partial charge in [0.1, 0.15) is 10.0 Å². The number of halogens is 2. The molecule has 1 unspecified atom stereocenters. The van der Waals surface area contributed by atoms with Crippen LogP contribution in [0.5, 0.6) is 0 Å². The molecule has 2 rings (SSSR count). The zero-order valence-corrected chi connectivity index (χ0v) is 14.5. The topological polar surface area (TPSA) is 59.1 Å². The number of hydrogen-bond acceptors (Lipinski definition) is 4. The smallest absolute Gasteiger partial charge is 0.242 e. The summed E-state index contributed by atoms with van der Waals surface area (Å²) < 4.78 is 28.1. The first-order valence-electron chi connectivity index (χ1n) is 5.81. The summed E-state index contributed by atoms with van der Waals surface area (Å²) in [5.74, 6) is 0. The van der Waals surface area contributed by atoms with Crippen LogP contribution in [0.4, 0.5) is 0 Å². The maximum Gasteiger partial charge on any atom is 0.244 e. The van der Waals surface area contributed by atoms with Gasteiger partial charge < -0.3 is 0 Å². The van der Waals surface area contributed by atoms with E-state index in [-0.39, 0.29) is 16.1 Å². The second-order valence-corrected chi connectivity index (χ2v) is 7.98. The third-order valence-corrected chi connectivity index (χ3v) is 5.97. The van der Waals surface area contributed by atoms with Crippen LogP contribution in [-0.2, 0) is 10.0 Å². The molecule has 2 aromatic rings. The molecule has 0 aromatic carbocycles. The second-order valence-electron chi connectivity index (χ2n) is 4.04. The first-order valence-corrected chi connectivity index (χ1v) is 9.34. The SMILES string of the molecule is CCC(NS(=O)(=O)c1cc(Br)cnc1Cl)c1cccs1. The molecule has 8 heteroatoms. The molecule has 1 N–H and O–H groups in total. The van der Waals surface area contributed by atoms with Gasteiger partial charge in [-0.1, -0.05) is 24.6 Å².